The van der Waals surface area contributed by atoms with Crippen molar-refractivity contribution in [3.05, 3.63) is 63.2 Å². The summed E-state index contributed by atoms with van der Waals surface area (Å²) in [4.78, 5) is 12.2. The van der Waals surface area contributed by atoms with E-state index in [0.717, 1.165) is 0 Å². The molecule has 2 N–H and O–H groups in total. The minimum atomic E-state index is -0.596. The van der Waals surface area contributed by atoms with Gasteiger partial charge in [-0.25, -0.2) is 0 Å². The minimum Gasteiger partial charge on any atom is -0.495 e. The number of amides is 1. The summed E-state index contributed by atoms with van der Waals surface area (Å²) in [7, 11) is 1.49. The highest BCUT2D eigenvalue weighted by Crippen LogP contribution is 2.28. The van der Waals surface area contributed by atoms with Gasteiger partial charge in [0.05, 0.1) is 22.8 Å². The summed E-state index contributed by atoms with van der Waals surface area (Å²) in [5.41, 5.74) is 0.804. The Morgan fingerprint density at radius 1 is 1.16 bits per heavy atom. The molecule has 0 aromatic heterocycles. The lowest BCUT2D eigenvalue weighted by Gasteiger charge is -2.08. The average Bonchev–Trinajstić information content (AvgIpc) is 2.57. The maximum absolute atomic E-state index is 12.2. The molecule has 25 heavy (non-hydrogen) atoms. The number of ether oxygens (including phenoxy) is 1. The van der Waals surface area contributed by atoms with Crippen molar-refractivity contribution in [1.82, 2.24) is 0 Å². The molecule has 0 aliphatic heterocycles. The van der Waals surface area contributed by atoms with Crippen LogP contribution in [0.2, 0.25) is 15.1 Å². The Balaban J connectivity index is 2.12. The number of nitrogens with zero attached hydrogens (tertiary/aromatic N) is 1. The number of hydrogen-bond acceptors (Lipinski definition) is 4. The zero-order valence-electron chi connectivity index (χ0n) is 12.9. The average molecular weight is 397 g/mol. The number of benzene rings is 2. The summed E-state index contributed by atoms with van der Waals surface area (Å²) in [5.74, 6) is -0.115. The number of nitriles is 1. The van der Waals surface area contributed by atoms with Crippen LogP contribution in [-0.2, 0) is 4.79 Å². The van der Waals surface area contributed by atoms with Gasteiger partial charge in [0.15, 0.2) is 0 Å². The molecule has 0 spiro atoms. The summed E-state index contributed by atoms with van der Waals surface area (Å²) in [6.45, 7) is 0. The number of halogens is 3. The molecule has 1 amide bonds. The maximum Gasteiger partial charge on any atom is 0.267 e. The molecule has 0 aliphatic rings. The molecule has 2 rings (SSSR count). The van der Waals surface area contributed by atoms with Gasteiger partial charge in [0.2, 0.25) is 0 Å². The van der Waals surface area contributed by atoms with E-state index in [9.17, 15) is 10.1 Å². The van der Waals surface area contributed by atoms with Gasteiger partial charge in [-0.15, -0.1) is 0 Å². The minimum absolute atomic E-state index is 0.141. The fraction of sp³-hybridized carbons (Fsp3) is 0.0588. The molecule has 0 heterocycles. The fourth-order valence-electron chi connectivity index (χ4n) is 1.85. The molecule has 0 bridgehead atoms. The molecule has 0 fully saturated rings. The van der Waals surface area contributed by atoms with E-state index in [1.165, 1.54) is 19.4 Å². The largest absolute Gasteiger partial charge is 0.495 e. The Morgan fingerprint density at radius 3 is 2.52 bits per heavy atom. The Bertz CT molecular complexity index is 876. The molecular weight excluding hydrogens is 385 g/mol. The lowest BCUT2D eigenvalue weighted by molar-refractivity contribution is -0.112. The van der Waals surface area contributed by atoms with Crippen LogP contribution in [0.15, 0.2) is 48.2 Å². The first-order valence-electron chi connectivity index (χ1n) is 6.91. The van der Waals surface area contributed by atoms with Crippen LogP contribution in [0.5, 0.6) is 5.75 Å². The van der Waals surface area contributed by atoms with Crippen molar-refractivity contribution < 1.29 is 9.53 Å². The second-order valence-electron chi connectivity index (χ2n) is 4.74. The molecule has 0 atom stereocenters. The van der Waals surface area contributed by atoms with Crippen molar-refractivity contribution in [3.63, 3.8) is 0 Å². The van der Waals surface area contributed by atoms with Crippen LogP contribution in [0.25, 0.3) is 0 Å². The molecule has 2 aromatic rings. The standard InChI is InChI=1S/C17H12Cl3N3O2/c1-25-16-5-3-12(7-14(16)20)23-17(24)10(8-21)9-22-15-4-2-11(18)6-13(15)19/h2-7,9,22H,1H3,(H,23,24)/b10-9-. The van der Waals surface area contributed by atoms with E-state index in [2.05, 4.69) is 10.6 Å². The third-order valence-corrected chi connectivity index (χ3v) is 3.92. The lowest BCUT2D eigenvalue weighted by Crippen LogP contribution is -2.14. The monoisotopic (exact) mass is 395 g/mol. The number of carbonyl (C=O) groups is 1. The van der Waals surface area contributed by atoms with Gasteiger partial charge in [-0.3, -0.25) is 4.79 Å². The molecule has 0 unspecified atom stereocenters. The highest BCUT2D eigenvalue weighted by Gasteiger charge is 2.11. The molecule has 0 radical (unpaired) electrons. The Morgan fingerprint density at radius 2 is 1.92 bits per heavy atom. The van der Waals surface area contributed by atoms with E-state index in [4.69, 9.17) is 39.5 Å². The van der Waals surface area contributed by atoms with Gasteiger partial charge >= 0.3 is 0 Å². The predicted molar refractivity (Wildman–Crippen MR) is 100 cm³/mol. The molecule has 0 saturated carbocycles. The van der Waals surface area contributed by atoms with Crippen molar-refractivity contribution in [3.8, 4) is 11.8 Å². The summed E-state index contributed by atoms with van der Waals surface area (Å²) in [5, 5.41) is 15.8. The molecular formula is C17H12Cl3N3O2. The first kappa shape index (κ1) is 18.9. The van der Waals surface area contributed by atoms with Gasteiger partial charge in [-0.05, 0) is 36.4 Å². The molecule has 8 heteroatoms. The van der Waals surface area contributed by atoms with Gasteiger partial charge in [0.25, 0.3) is 5.91 Å². The van der Waals surface area contributed by atoms with Crippen molar-refractivity contribution in [1.29, 1.82) is 5.26 Å². The van der Waals surface area contributed by atoms with Gasteiger partial charge in [0, 0.05) is 16.9 Å². The molecule has 0 aliphatic carbocycles. The van der Waals surface area contributed by atoms with Gasteiger partial charge in [-0.1, -0.05) is 34.8 Å². The topological polar surface area (TPSA) is 74.1 Å². The van der Waals surface area contributed by atoms with Crippen molar-refractivity contribution in [2.24, 2.45) is 0 Å². The Hall–Kier alpha value is -2.39. The number of carbonyl (C=O) groups excluding carboxylic acids is 1. The first-order chi connectivity index (χ1) is 11.9. The van der Waals surface area contributed by atoms with E-state index >= 15 is 0 Å². The zero-order valence-corrected chi connectivity index (χ0v) is 15.2. The fourth-order valence-corrected chi connectivity index (χ4v) is 2.57. The van der Waals surface area contributed by atoms with Crippen LogP contribution in [0, 0.1) is 11.3 Å². The SMILES string of the molecule is COc1ccc(NC(=O)/C(C#N)=C\Nc2ccc(Cl)cc2Cl)cc1Cl. The lowest BCUT2D eigenvalue weighted by atomic mass is 10.2. The van der Waals surface area contributed by atoms with Crippen LogP contribution < -0.4 is 15.4 Å². The van der Waals surface area contributed by atoms with Gasteiger partial charge in [-0.2, -0.15) is 5.26 Å². The summed E-state index contributed by atoms with van der Waals surface area (Å²) >= 11 is 17.8. The zero-order chi connectivity index (χ0) is 18.4. The molecule has 5 nitrogen and oxygen atoms in total. The number of rotatable bonds is 5. The van der Waals surface area contributed by atoms with Crippen LogP contribution in [0.3, 0.4) is 0 Å². The molecule has 2 aromatic carbocycles. The summed E-state index contributed by atoms with van der Waals surface area (Å²) in [6.07, 6.45) is 1.26. The second kappa shape index (κ2) is 8.63. The van der Waals surface area contributed by atoms with Crippen LogP contribution >= 0.6 is 34.8 Å². The maximum atomic E-state index is 12.2. The summed E-state index contributed by atoms with van der Waals surface area (Å²) in [6, 6.07) is 11.4. The Kier molecular flexibility index (Phi) is 6.54. The van der Waals surface area contributed by atoms with E-state index < -0.39 is 5.91 Å². The third-order valence-electron chi connectivity index (χ3n) is 3.08. The van der Waals surface area contributed by atoms with Crippen molar-refractivity contribution in [2.75, 3.05) is 17.7 Å². The number of hydrogen-bond donors (Lipinski definition) is 2. The van der Waals surface area contributed by atoms with E-state index in [1.54, 1.807) is 30.3 Å². The molecule has 128 valence electrons. The smallest absolute Gasteiger partial charge is 0.267 e. The van der Waals surface area contributed by atoms with Gasteiger partial charge in [0.1, 0.15) is 17.4 Å². The van der Waals surface area contributed by atoms with E-state index in [0.29, 0.717) is 32.2 Å². The van der Waals surface area contributed by atoms with E-state index in [-0.39, 0.29) is 5.57 Å². The predicted octanol–water partition coefficient (Wildman–Crippen LogP) is 5.11. The van der Waals surface area contributed by atoms with Gasteiger partial charge < -0.3 is 15.4 Å². The highest BCUT2D eigenvalue weighted by molar-refractivity contribution is 6.36. The van der Waals surface area contributed by atoms with Crippen LogP contribution in [0.1, 0.15) is 0 Å². The van der Waals surface area contributed by atoms with Crippen molar-refractivity contribution in [2.45, 2.75) is 0 Å². The second-order valence-corrected chi connectivity index (χ2v) is 5.99. The summed E-state index contributed by atoms with van der Waals surface area (Å²) < 4.78 is 5.04. The normalized spacial score (nSPS) is 10.8. The van der Waals surface area contributed by atoms with Crippen LogP contribution in [-0.4, -0.2) is 13.0 Å². The number of anilines is 2. The number of methoxy groups -OCH3 is 1. The van der Waals surface area contributed by atoms with Crippen molar-refractivity contribution >= 4 is 52.1 Å². The first-order valence-corrected chi connectivity index (χ1v) is 8.04. The van der Waals surface area contributed by atoms with Crippen LogP contribution in [0.4, 0.5) is 11.4 Å². The third kappa shape index (κ3) is 5.04. The molecule has 0 saturated heterocycles. The highest BCUT2D eigenvalue weighted by atomic mass is 35.5. The quantitative estimate of drug-likeness (QED) is 0.544. The number of nitrogens with one attached hydrogen (secondary N) is 2. The Labute approximate surface area is 159 Å². The van der Waals surface area contributed by atoms with E-state index in [1.807, 2.05) is 6.07 Å².